The van der Waals surface area contributed by atoms with E-state index >= 15 is 0 Å². The Hall–Kier alpha value is -4.84. The third kappa shape index (κ3) is 5.79. The van der Waals surface area contributed by atoms with Gasteiger partial charge in [-0.2, -0.15) is 0 Å². The summed E-state index contributed by atoms with van der Waals surface area (Å²) in [6.07, 6.45) is 0.638. The molecule has 4 aromatic rings. The van der Waals surface area contributed by atoms with E-state index in [9.17, 15) is 24.3 Å². The Morgan fingerprint density at radius 3 is 2.26 bits per heavy atom. The summed E-state index contributed by atoms with van der Waals surface area (Å²) in [5.74, 6) is -0.804. The first-order valence-electron chi connectivity index (χ1n) is 13.6. The normalized spacial score (nSPS) is 14.0. The van der Waals surface area contributed by atoms with Crippen molar-refractivity contribution >= 4 is 40.2 Å². The number of carbonyl (C=O) groups is 2. The lowest BCUT2D eigenvalue weighted by molar-refractivity contribution is 0.0536. The lowest BCUT2D eigenvalue weighted by Crippen LogP contribution is -2.50. The molecule has 1 aliphatic heterocycles. The van der Waals surface area contributed by atoms with E-state index < -0.39 is 17.0 Å². The minimum Gasteiger partial charge on any atom is -0.505 e. The van der Waals surface area contributed by atoms with Crippen LogP contribution in [0.25, 0.3) is 0 Å². The van der Waals surface area contributed by atoms with Crippen molar-refractivity contribution in [2.75, 3.05) is 36.8 Å². The summed E-state index contributed by atoms with van der Waals surface area (Å²) in [7, 11) is 1.43. The molecule has 1 saturated heterocycles. The number of aromatic amines is 1. The Morgan fingerprint density at radius 1 is 0.929 bits per heavy atom. The van der Waals surface area contributed by atoms with E-state index in [0.717, 1.165) is 10.2 Å². The molecule has 1 atom stereocenters. The monoisotopic (exact) mass is 588 g/mol. The van der Waals surface area contributed by atoms with Crippen LogP contribution < -0.4 is 21.8 Å². The van der Waals surface area contributed by atoms with Crippen LogP contribution >= 0.6 is 11.3 Å². The molecule has 42 heavy (non-hydrogen) atoms. The Kier molecular flexibility index (Phi) is 8.43. The molecule has 0 radical (unpaired) electrons. The topological polar surface area (TPSA) is 140 Å². The summed E-state index contributed by atoms with van der Waals surface area (Å²) in [5, 5.41) is 21.6. The molecule has 0 unspecified atom stereocenters. The number of H-pyrrole nitrogens is 1. The van der Waals surface area contributed by atoms with Crippen LogP contribution in [0.15, 0.2) is 75.6 Å². The average Bonchev–Trinajstić information content (AvgIpc) is 3.56. The standard InChI is InChI=1S/C30H32N6O5S/c1-3-21(19-9-5-4-6-10-19)31-24-25(30(41)34(2)33-27(24)38)32-22-12-7-11-20(26(22)37)28(39)35-14-16-36(17-15-35)29(40)23-13-8-18-42-23/h4-13,18,21,31-32,37H,3,14-17H2,1-2H3,(H,33,38)/t21-/m1/s1. The second-order valence-corrected chi connectivity index (χ2v) is 10.9. The number of phenols is 1. The Morgan fingerprint density at radius 2 is 1.62 bits per heavy atom. The SMILES string of the molecule is CC[C@@H](Nc1c(Nc2cccc(C(=O)N3CCN(C(=O)c4cccs4)CC3)c2O)c(=O)n(C)[nH]c1=O)c1ccccc1. The molecule has 1 fully saturated rings. The fourth-order valence-electron chi connectivity index (χ4n) is 4.97. The number of rotatable bonds is 8. The average molecular weight is 589 g/mol. The zero-order valence-electron chi connectivity index (χ0n) is 23.3. The zero-order chi connectivity index (χ0) is 29.8. The van der Waals surface area contributed by atoms with Crippen LogP contribution in [-0.2, 0) is 7.05 Å². The molecule has 2 amide bonds. The maximum atomic E-state index is 13.4. The van der Waals surface area contributed by atoms with E-state index in [1.165, 1.54) is 30.5 Å². The lowest BCUT2D eigenvalue weighted by Gasteiger charge is -2.34. The quantitative estimate of drug-likeness (QED) is 0.230. The second kappa shape index (κ2) is 12.4. The predicted molar refractivity (Wildman–Crippen MR) is 163 cm³/mol. The van der Waals surface area contributed by atoms with Gasteiger partial charge in [-0.3, -0.25) is 29.0 Å². The highest BCUT2D eigenvalue weighted by atomic mass is 32.1. The van der Waals surface area contributed by atoms with Crippen LogP contribution in [0.1, 0.15) is 45.0 Å². The van der Waals surface area contributed by atoms with E-state index in [0.29, 0.717) is 37.5 Å². The molecule has 1 aliphatic rings. The van der Waals surface area contributed by atoms with Gasteiger partial charge in [0.05, 0.1) is 22.2 Å². The van der Waals surface area contributed by atoms with Crippen LogP contribution in [0.2, 0.25) is 0 Å². The number of anilines is 3. The first-order chi connectivity index (χ1) is 20.3. The summed E-state index contributed by atoms with van der Waals surface area (Å²) < 4.78 is 1.06. The molecule has 218 valence electrons. The number of nitrogens with one attached hydrogen (secondary N) is 3. The van der Waals surface area contributed by atoms with Crippen molar-refractivity contribution in [3.8, 4) is 5.75 Å². The third-order valence-corrected chi connectivity index (χ3v) is 8.16. The number of piperazine rings is 1. The van der Waals surface area contributed by atoms with Crippen molar-refractivity contribution in [1.82, 2.24) is 19.6 Å². The van der Waals surface area contributed by atoms with Gasteiger partial charge in [0.15, 0.2) is 5.75 Å². The van der Waals surface area contributed by atoms with Gasteiger partial charge in [-0.15, -0.1) is 11.3 Å². The fourth-order valence-corrected chi connectivity index (χ4v) is 5.66. The molecule has 0 bridgehead atoms. The molecule has 11 nitrogen and oxygen atoms in total. The predicted octanol–water partition coefficient (Wildman–Crippen LogP) is 3.75. The number of benzene rings is 2. The Bertz CT molecular complexity index is 1690. The molecule has 4 N–H and O–H groups in total. The van der Waals surface area contributed by atoms with Crippen molar-refractivity contribution in [2.45, 2.75) is 19.4 Å². The lowest BCUT2D eigenvalue weighted by atomic mass is 10.0. The van der Waals surface area contributed by atoms with E-state index in [2.05, 4.69) is 15.7 Å². The molecule has 2 aromatic heterocycles. The largest absolute Gasteiger partial charge is 0.505 e. The number of carbonyl (C=O) groups excluding carboxylic acids is 2. The van der Waals surface area contributed by atoms with Crippen molar-refractivity contribution in [3.63, 3.8) is 0 Å². The molecule has 0 aliphatic carbocycles. The van der Waals surface area contributed by atoms with Gasteiger partial charge < -0.3 is 25.5 Å². The summed E-state index contributed by atoms with van der Waals surface area (Å²) >= 11 is 1.38. The van der Waals surface area contributed by atoms with E-state index in [-0.39, 0.29) is 40.3 Å². The second-order valence-electron chi connectivity index (χ2n) is 9.96. The van der Waals surface area contributed by atoms with Gasteiger partial charge in [0.1, 0.15) is 11.4 Å². The van der Waals surface area contributed by atoms with Crippen molar-refractivity contribution in [1.29, 1.82) is 0 Å². The fraction of sp³-hybridized carbons (Fsp3) is 0.267. The highest BCUT2D eigenvalue weighted by Crippen LogP contribution is 2.33. The maximum absolute atomic E-state index is 13.4. The molecule has 2 aromatic carbocycles. The summed E-state index contributed by atoms with van der Waals surface area (Å²) in [5.41, 5.74) is 0.0143. The smallest absolute Gasteiger partial charge is 0.290 e. The molecule has 0 saturated carbocycles. The van der Waals surface area contributed by atoms with E-state index in [1.54, 1.807) is 21.9 Å². The Labute approximate surface area is 246 Å². The van der Waals surface area contributed by atoms with Gasteiger partial charge in [-0.1, -0.05) is 49.4 Å². The molecule has 0 spiro atoms. The summed E-state index contributed by atoms with van der Waals surface area (Å²) in [6, 6.07) is 17.5. The van der Waals surface area contributed by atoms with Crippen LogP contribution in [0, 0.1) is 0 Å². The third-order valence-electron chi connectivity index (χ3n) is 7.31. The number of hydrogen-bond donors (Lipinski definition) is 4. The van der Waals surface area contributed by atoms with Gasteiger partial charge in [0.25, 0.3) is 22.9 Å². The molecule has 3 heterocycles. The molecule has 5 rings (SSSR count). The first-order valence-corrected chi connectivity index (χ1v) is 14.5. The number of aromatic hydroxyl groups is 1. The number of thiophene rings is 1. The molecular weight excluding hydrogens is 556 g/mol. The highest BCUT2D eigenvalue weighted by Gasteiger charge is 2.28. The highest BCUT2D eigenvalue weighted by molar-refractivity contribution is 7.12. The number of para-hydroxylation sites is 1. The Balaban J connectivity index is 1.38. The van der Waals surface area contributed by atoms with E-state index in [1.807, 2.05) is 48.7 Å². The van der Waals surface area contributed by atoms with Crippen LogP contribution in [-0.4, -0.2) is 62.7 Å². The minimum absolute atomic E-state index is 0.0245. The molecular formula is C30H32N6O5S. The minimum atomic E-state index is -0.525. The van der Waals surface area contributed by atoms with Crippen molar-refractivity contribution in [3.05, 3.63) is 103 Å². The van der Waals surface area contributed by atoms with Gasteiger partial charge in [-0.05, 0) is 35.6 Å². The van der Waals surface area contributed by atoms with Gasteiger partial charge in [0, 0.05) is 33.2 Å². The zero-order valence-corrected chi connectivity index (χ0v) is 24.1. The summed E-state index contributed by atoms with van der Waals surface area (Å²) in [6.45, 7) is 3.34. The van der Waals surface area contributed by atoms with Gasteiger partial charge >= 0.3 is 0 Å². The maximum Gasteiger partial charge on any atom is 0.290 e. The number of hydrogen-bond acceptors (Lipinski definition) is 8. The summed E-state index contributed by atoms with van der Waals surface area (Å²) in [4.78, 5) is 56.3. The first kappa shape index (κ1) is 28.7. The number of nitrogens with zero attached hydrogens (tertiary/aromatic N) is 3. The number of amides is 2. The van der Waals surface area contributed by atoms with Crippen LogP contribution in [0.4, 0.5) is 17.1 Å². The van der Waals surface area contributed by atoms with Crippen molar-refractivity contribution in [2.24, 2.45) is 7.05 Å². The number of aryl methyl sites for hydroxylation is 1. The van der Waals surface area contributed by atoms with Crippen LogP contribution in [0.5, 0.6) is 5.75 Å². The number of aromatic nitrogens is 2. The molecule has 12 heteroatoms. The van der Waals surface area contributed by atoms with E-state index in [4.69, 9.17) is 0 Å². The van der Waals surface area contributed by atoms with Crippen LogP contribution in [0.3, 0.4) is 0 Å². The number of phenolic OH excluding ortho intramolecular Hbond substituents is 1. The van der Waals surface area contributed by atoms with Crippen molar-refractivity contribution < 1.29 is 14.7 Å². The van der Waals surface area contributed by atoms with Gasteiger partial charge in [0.2, 0.25) is 0 Å². The van der Waals surface area contributed by atoms with Gasteiger partial charge in [-0.25, -0.2) is 0 Å².